The summed E-state index contributed by atoms with van der Waals surface area (Å²) in [5.74, 6) is 1.80. The topological polar surface area (TPSA) is 312 Å². The van der Waals surface area contributed by atoms with Crippen LogP contribution in [-0.2, 0) is 87.4 Å². The number of aromatic nitrogens is 9. The largest absolute Gasteiger partial charge is 0.340 e. The molecule has 3 fully saturated rings. The molecule has 4 amide bonds. The third-order valence-corrected chi connectivity index (χ3v) is 22.4. The first-order valence-electron chi connectivity index (χ1n) is 33.5. The highest BCUT2D eigenvalue weighted by molar-refractivity contribution is 7.89. The van der Waals surface area contributed by atoms with Crippen LogP contribution in [0.25, 0.3) is 34.2 Å². The maximum atomic E-state index is 11.6. The van der Waals surface area contributed by atoms with E-state index in [0.717, 1.165) is 214 Å². The zero-order valence-electron chi connectivity index (χ0n) is 56.8. The monoisotopic (exact) mass is 1420 g/mol. The minimum Gasteiger partial charge on any atom is -0.340 e. The molecule has 3 aliphatic carbocycles. The Kier molecular flexibility index (Phi) is 21.1. The summed E-state index contributed by atoms with van der Waals surface area (Å²) in [6, 6.07) is 20.1. The van der Waals surface area contributed by atoms with Gasteiger partial charge in [0.15, 0.2) is 0 Å². The van der Waals surface area contributed by atoms with Gasteiger partial charge in [-0.3, -0.25) is 33.9 Å². The molecule has 0 atom stereocenters. The number of nitrogens with two attached hydrogens (primary N) is 1. The van der Waals surface area contributed by atoms with E-state index in [1.165, 1.54) is 44.8 Å². The lowest BCUT2D eigenvalue weighted by Gasteiger charge is -2.33. The molecule has 6 aromatic heterocycles. The average molecular weight is 1430 g/mol. The minimum atomic E-state index is -3.80. The Balaban J connectivity index is 0.000000134. The molecule has 520 valence electrons. The number of carbonyl (C=O) groups excluding carboxylic acids is 4. The number of fused-ring (bicyclic) bond motifs is 9. The van der Waals surface area contributed by atoms with Crippen LogP contribution in [0.2, 0.25) is 0 Å². The molecular formula is C70H80N20O6S4. The summed E-state index contributed by atoms with van der Waals surface area (Å²) in [6.07, 6.45) is 11.2. The predicted octanol–water partition coefficient (Wildman–Crippen LogP) is 8.54. The van der Waals surface area contributed by atoms with Crippen LogP contribution in [0.4, 0.5) is 40.6 Å². The number of piperazine rings is 3. The van der Waals surface area contributed by atoms with Crippen molar-refractivity contribution in [3.8, 4) is 34.2 Å². The molecule has 6 N–H and O–H groups in total. The zero-order valence-corrected chi connectivity index (χ0v) is 60.1. The van der Waals surface area contributed by atoms with Crippen molar-refractivity contribution in [1.29, 1.82) is 0 Å². The van der Waals surface area contributed by atoms with Gasteiger partial charge in [0, 0.05) is 162 Å². The number of nitrogens with zero attached hydrogens (tertiary/aromatic N) is 15. The molecule has 9 heterocycles. The van der Waals surface area contributed by atoms with E-state index < -0.39 is 10.0 Å². The zero-order chi connectivity index (χ0) is 69.8. The summed E-state index contributed by atoms with van der Waals surface area (Å²) < 4.78 is 23.3. The molecular weight excluding hydrogens is 1350 g/mol. The van der Waals surface area contributed by atoms with Crippen LogP contribution in [0.1, 0.15) is 85.2 Å². The average Bonchev–Trinajstić information content (AvgIpc) is 1.60. The first-order chi connectivity index (χ1) is 48.1. The van der Waals surface area contributed by atoms with Crippen LogP contribution in [0.3, 0.4) is 0 Å². The molecule has 3 saturated heterocycles. The summed E-state index contributed by atoms with van der Waals surface area (Å²) in [5, 5.41) is 21.0. The van der Waals surface area contributed by atoms with Crippen LogP contribution in [0.15, 0.2) is 90.2 Å². The lowest BCUT2D eigenvalue weighted by Crippen LogP contribution is -2.47. The van der Waals surface area contributed by atoms with Gasteiger partial charge in [0.05, 0.1) is 41.6 Å². The number of carbonyl (C=O) groups is 4. The van der Waals surface area contributed by atoms with E-state index in [9.17, 15) is 27.6 Å². The summed E-state index contributed by atoms with van der Waals surface area (Å²) in [6.45, 7) is 22.8. The van der Waals surface area contributed by atoms with Crippen LogP contribution in [0, 0.1) is 13.8 Å². The van der Waals surface area contributed by atoms with Gasteiger partial charge in [-0.15, -0.1) is 34.0 Å². The first-order valence-corrected chi connectivity index (χ1v) is 37.5. The highest BCUT2D eigenvalue weighted by Crippen LogP contribution is 2.40. The van der Waals surface area contributed by atoms with Gasteiger partial charge in [-0.1, -0.05) is 18.2 Å². The van der Waals surface area contributed by atoms with Gasteiger partial charge in [0.1, 0.15) is 32.1 Å². The van der Waals surface area contributed by atoms with Crippen LogP contribution < -0.4 is 26.4 Å². The molecule has 26 nitrogen and oxygen atoms in total. The van der Waals surface area contributed by atoms with E-state index in [2.05, 4.69) is 83.0 Å². The minimum absolute atomic E-state index is 0.0195. The smallest absolute Gasteiger partial charge is 0.238 e. The number of anilines is 7. The normalized spacial score (nSPS) is 15.8. The number of benzene rings is 3. The Morgan fingerprint density at radius 2 is 0.780 bits per heavy atom. The van der Waals surface area contributed by atoms with Gasteiger partial charge in [-0.05, 0) is 129 Å². The lowest BCUT2D eigenvalue weighted by atomic mass is 10.00. The van der Waals surface area contributed by atoms with Gasteiger partial charge >= 0.3 is 0 Å². The van der Waals surface area contributed by atoms with Crippen molar-refractivity contribution in [2.24, 2.45) is 5.14 Å². The fourth-order valence-corrected chi connectivity index (χ4v) is 17.0. The molecule has 6 aliphatic rings. The SMILES string of the molecule is CC(=O)N1CCN(Cc2nc3c(s2)CCc2cnc(Nc4cc(C)cc(C)c4)nc2-3)CC1.CC(=O)N1CCN(Cc2nc3c(s2)CCc2cnc(Nc4cccc(S(N)(=O)=O)c4)nc2-3)CC1.CC(=O)Nc1cccc(Nc2ncc3c(n2)-c2nc(CN4CCN(C(C)=O)CC4)sc2CC3)c1. The molecule has 3 aliphatic heterocycles. The number of hydrogen-bond donors (Lipinski definition) is 5. The summed E-state index contributed by atoms with van der Waals surface area (Å²) >= 11 is 5.28. The molecule has 9 aromatic rings. The van der Waals surface area contributed by atoms with Crippen LogP contribution in [0.5, 0.6) is 0 Å². The van der Waals surface area contributed by atoms with E-state index in [1.54, 1.807) is 73.1 Å². The predicted molar refractivity (Wildman–Crippen MR) is 389 cm³/mol. The second-order valence-electron chi connectivity index (χ2n) is 25.8. The third-order valence-electron chi connectivity index (χ3n) is 18.2. The van der Waals surface area contributed by atoms with Gasteiger partial charge in [-0.25, -0.2) is 58.4 Å². The molecule has 0 bridgehead atoms. The van der Waals surface area contributed by atoms with Crippen molar-refractivity contribution in [3.05, 3.63) is 143 Å². The number of hydrogen-bond acceptors (Lipinski definition) is 24. The molecule has 3 aromatic carbocycles. The maximum absolute atomic E-state index is 11.6. The number of thiazole rings is 3. The Labute approximate surface area is 593 Å². The van der Waals surface area contributed by atoms with E-state index in [1.807, 2.05) is 51.4 Å². The Morgan fingerprint density at radius 3 is 1.14 bits per heavy atom. The number of nitrogens with one attached hydrogen (secondary N) is 4. The Bertz CT molecular complexity index is 4650. The number of aryl methyl sites for hydroxylation is 8. The Hall–Kier alpha value is -9.14. The second-order valence-corrected chi connectivity index (χ2v) is 30.8. The van der Waals surface area contributed by atoms with Crippen molar-refractivity contribution in [2.45, 2.75) is 105 Å². The van der Waals surface area contributed by atoms with Crippen LogP contribution in [-0.4, -0.2) is 185 Å². The second kappa shape index (κ2) is 30.4. The maximum Gasteiger partial charge on any atom is 0.238 e. The molecule has 100 heavy (non-hydrogen) atoms. The van der Waals surface area contributed by atoms with Gasteiger partial charge in [0.25, 0.3) is 0 Å². The van der Waals surface area contributed by atoms with Crippen molar-refractivity contribution >= 4 is 108 Å². The van der Waals surface area contributed by atoms with Crippen LogP contribution >= 0.6 is 34.0 Å². The standard InChI is InChI=1S/C24H27N7O2S.C24H28N6OS.C22H25N7O3S2/c1-15(32)26-18-4-3-5-19(12-18)27-24-25-13-17-6-7-20-23(22(17)29-24)28-21(34-20)14-30-8-10-31(11-9-30)16(2)33;1-15-10-16(2)12-19(11-15)26-24-25-13-18-4-5-20-23(22(18)28-24)27-21(32-20)14-29-6-8-30(9-7-29)17(3)31;1-14(30)29-9-7-28(8-10-29)13-19-26-21-18(33-19)6-5-15-12-24-22(27-20(15)21)25-16-3-2-4-17(11-16)34(23,31)32/h3-5,12-13H,6-11,14H2,1-2H3,(H,26,32)(H,25,27,29);10-13H,4-9,14H2,1-3H3,(H,25,26,28);2-4,11-12H,5-10,13H2,1H3,(H2,23,31,32)(H,24,25,27). The number of amides is 4. The van der Waals surface area contributed by atoms with Gasteiger partial charge < -0.3 is 36.0 Å². The first kappa shape index (κ1) is 69.3. The number of sulfonamides is 1. The summed E-state index contributed by atoms with van der Waals surface area (Å²) in [5.41, 5.74) is 14.3. The quantitative estimate of drug-likeness (QED) is 0.0681. The Morgan fingerprint density at radius 1 is 0.430 bits per heavy atom. The van der Waals surface area contributed by atoms with Crippen molar-refractivity contribution in [1.82, 2.24) is 74.3 Å². The molecule has 15 rings (SSSR count). The highest BCUT2D eigenvalue weighted by atomic mass is 32.2. The van der Waals surface area contributed by atoms with E-state index in [-0.39, 0.29) is 28.5 Å². The van der Waals surface area contributed by atoms with Gasteiger partial charge in [0.2, 0.25) is 51.5 Å². The molecule has 0 saturated carbocycles. The number of rotatable bonds is 14. The molecule has 0 spiro atoms. The van der Waals surface area contributed by atoms with Crippen molar-refractivity contribution in [3.63, 3.8) is 0 Å². The highest BCUT2D eigenvalue weighted by Gasteiger charge is 2.30. The van der Waals surface area contributed by atoms with E-state index in [4.69, 9.17) is 35.0 Å². The fourth-order valence-electron chi connectivity index (χ4n) is 13.1. The van der Waals surface area contributed by atoms with Gasteiger partial charge in [-0.2, -0.15) is 0 Å². The van der Waals surface area contributed by atoms with Crippen molar-refractivity contribution in [2.75, 3.05) is 99.8 Å². The van der Waals surface area contributed by atoms with Crippen molar-refractivity contribution < 1.29 is 27.6 Å². The number of primary sulfonamides is 1. The fraction of sp³-hybridized carbons (Fsp3) is 0.386. The molecule has 0 unspecified atom stereocenters. The summed E-state index contributed by atoms with van der Waals surface area (Å²) in [4.78, 5) is 105. The molecule has 30 heteroatoms. The van der Waals surface area contributed by atoms with E-state index >= 15 is 0 Å². The lowest BCUT2D eigenvalue weighted by molar-refractivity contribution is -0.131. The third kappa shape index (κ3) is 17.0. The molecule has 0 radical (unpaired) electrons. The summed E-state index contributed by atoms with van der Waals surface area (Å²) in [7, 11) is -3.80. The van der Waals surface area contributed by atoms with E-state index in [0.29, 0.717) is 29.2 Å².